The molecule has 0 aliphatic carbocycles. The number of nitrogens with zero attached hydrogens (tertiary/aromatic N) is 1. The van der Waals surface area contributed by atoms with E-state index in [2.05, 4.69) is 63.2 Å². The Morgan fingerprint density at radius 3 is 2.44 bits per heavy atom. The minimum atomic E-state index is 0.302. The second kappa shape index (κ2) is 7.01. The van der Waals surface area contributed by atoms with E-state index in [0.29, 0.717) is 12.1 Å². The number of halogens is 1. The van der Waals surface area contributed by atoms with Crippen molar-refractivity contribution in [3.05, 3.63) is 28.8 Å². The molecule has 1 N–H and O–H groups in total. The van der Waals surface area contributed by atoms with Gasteiger partial charge in [0, 0.05) is 29.8 Å². The summed E-state index contributed by atoms with van der Waals surface area (Å²) in [5.41, 5.74) is 2.34. The van der Waals surface area contributed by atoms with Gasteiger partial charge < -0.3 is 10.2 Å². The topological polar surface area (TPSA) is 15.3 Å². The van der Waals surface area contributed by atoms with Gasteiger partial charge in [0.05, 0.1) is 0 Å². The smallest absolute Gasteiger partial charge is 0.0474 e. The Morgan fingerprint density at radius 1 is 1.28 bits per heavy atom. The minimum Gasteiger partial charge on any atom is -0.372 e. The fraction of sp³-hybridized carbons (Fsp3) is 0.600. The van der Waals surface area contributed by atoms with Crippen molar-refractivity contribution in [3.8, 4) is 0 Å². The Labute approximate surface area is 116 Å². The zero-order valence-electron chi connectivity index (χ0n) is 12.1. The van der Waals surface area contributed by atoms with E-state index in [0.717, 1.165) is 18.0 Å². The van der Waals surface area contributed by atoms with Gasteiger partial charge >= 0.3 is 0 Å². The van der Waals surface area contributed by atoms with Crippen LogP contribution < -0.4 is 10.2 Å². The van der Waals surface area contributed by atoms with Gasteiger partial charge in [-0.15, -0.1) is 0 Å². The second-order valence-electron chi connectivity index (χ2n) is 5.09. The molecule has 0 saturated carbocycles. The Hall–Kier alpha value is -0.730. The number of hydrogen-bond acceptors (Lipinski definition) is 2. The van der Waals surface area contributed by atoms with Gasteiger partial charge in [0.2, 0.25) is 0 Å². The molecule has 1 aromatic carbocycles. The van der Waals surface area contributed by atoms with Gasteiger partial charge in [0.15, 0.2) is 0 Å². The molecule has 0 aliphatic rings. The lowest BCUT2D eigenvalue weighted by Gasteiger charge is -2.25. The highest BCUT2D eigenvalue weighted by atomic mass is 35.5. The summed E-state index contributed by atoms with van der Waals surface area (Å²) in [5.74, 6) is 0. The molecule has 102 valence electrons. The number of rotatable bonds is 6. The van der Waals surface area contributed by atoms with Crippen LogP contribution in [0.15, 0.2) is 18.2 Å². The third kappa shape index (κ3) is 3.89. The van der Waals surface area contributed by atoms with Crippen LogP contribution in [-0.4, -0.2) is 19.6 Å². The van der Waals surface area contributed by atoms with Crippen molar-refractivity contribution in [3.63, 3.8) is 0 Å². The summed E-state index contributed by atoms with van der Waals surface area (Å²) in [6, 6.07) is 7.11. The maximum absolute atomic E-state index is 6.39. The summed E-state index contributed by atoms with van der Waals surface area (Å²) in [5, 5.41) is 4.31. The van der Waals surface area contributed by atoms with Crippen LogP contribution in [-0.2, 0) is 0 Å². The van der Waals surface area contributed by atoms with Gasteiger partial charge in [-0.3, -0.25) is 0 Å². The monoisotopic (exact) mass is 268 g/mol. The van der Waals surface area contributed by atoms with Crippen molar-refractivity contribution in [2.45, 2.75) is 46.2 Å². The summed E-state index contributed by atoms with van der Waals surface area (Å²) in [6.45, 7) is 9.69. The molecule has 1 aromatic rings. The zero-order valence-corrected chi connectivity index (χ0v) is 12.9. The Morgan fingerprint density at radius 2 is 1.94 bits per heavy atom. The third-order valence-corrected chi connectivity index (χ3v) is 3.66. The van der Waals surface area contributed by atoms with Crippen molar-refractivity contribution in [1.29, 1.82) is 0 Å². The predicted octanol–water partition coefficient (Wildman–Crippen LogP) is 4.25. The van der Waals surface area contributed by atoms with Gasteiger partial charge in [-0.05, 0) is 51.4 Å². The lowest BCUT2D eigenvalue weighted by molar-refractivity contribution is 0.571. The van der Waals surface area contributed by atoms with E-state index in [9.17, 15) is 0 Å². The first-order valence-corrected chi connectivity index (χ1v) is 7.10. The van der Waals surface area contributed by atoms with Crippen molar-refractivity contribution in [1.82, 2.24) is 5.32 Å². The number of anilines is 1. The molecule has 0 bridgehead atoms. The van der Waals surface area contributed by atoms with Crippen LogP contribution in [0.1, 0.15) is 45.7 Å². The SMILES string of the molecule is CCCNC(C)c1ccc(N(C)C(C)C)cc1Cl. The highest BCUT2D eigenvalue weighted by Crippen LogP contribution is 2.28. The molecule has 2 nitrogen and oxygen atoms in total. The first-order chi connectivity index (χ1) is 8.47. The third-order valence-electron chi connectivity index (χ3n) is 3.33. The van der Waals surface area contributed by atoms with Gasteiger partial charge in [-0.2, -0.15) is 0 Å². The van der Waals surface area contributed by atoms with E-state index in [-0.39, 0.29) is 0 Å². The maximum Gasteiger partial charge on any atom is 0.0474 e. The normalized spacial score (nSPS) is 12.8. The Bertz CT molecular complexity index is 377. The van der Waals surface area contributed by atoms with Crippen LogP contribution in [0.25, 0.3) is 0 Å². The molecule has 0 aromatic heterocycles. The van der Waals surface area contributed by atoms with Crippen molar-refractivity contribution in [2.75, 3.05) is 18.5 Å². The molecule has 0 fully saturated rings. The molecule has 0 spiro atoms. The van der Waals surface area contributed by atoms with Crippen molar-refractivity contribution >= 4 is 17.3 Å². The van der Waals surface area contributed by atoms with E-state index < -0.39 is 0 Å². The quantitative estimate of drug-likeness (QED) is 0.830. The van der Waals surface area contributed by atoms with Crippen LogP contribution in [0, 0.1) is 0 Å². The summed E-state index contributed by atoms with van der Waals surface area (Å²) < 4.78 is 0. The first kappa shape index (κ1) is 15.3. The fourth-order valence-electron chi connectivity index (χ4n) is 1.86. The number of hydrogen-bond donors (Lipinski definition) is 1. The maximum atomic E-state index is 6.39. The highest BCUT2D eigenvalue weighted by Gasteiger charge is 2.11. The first-order valence-electron chi connectivity index (χ1n) is 6.73. The van der Waals surface area contributed by atoms with Crippen LogP contribution in [0.2, 0.25) is 5.02 Å². The van der Waals surface area contributed by atoms with E-state index in [1.165, 1.54) is 11.3 Å². The molecule has 18 heavy (non-hydrogen) atoms. The van der Waals surface area contributed by atoms with Gasteiger partial charge in [-0.1, -0.05) is 24.6 Å². The van der Waals surface area contributed by atoms with Gasteiger partial charge in [0.1, 0.15) is 0 Å². The van der Waals surface area contributed by atoms with Crippen LogP contribution in [0.5, 0.6) is 0 Å². The average Bonchev–Trinajstić information content (AvgIpc) is 2.34. The number of benzene rings is 1. The average molecular weight is 269 g/mol. The largest absolute Gasteiger partial charge is 0.372 e. The molecule has 0 radical (unpaired) electrons. The number of nitrogens with one attached hydrogen (secondary N) is 1. The van der Waals surface area contributed by atoms with Crippen LogP contribution >= 0.6 is 11.6 Å². The molecule has 0 aliphatic heterocycles. The zero-order chi connectivity index (χ0) is 13.7. The fourth-order valence-corrected chi connectivity index (χ4v) is 2.19. The highest BCUT2D eigenvalue weighted by molar-refractivity contribution is 6.31. The van der Waals surface area contributed by atoms with E-state index in [1.807, 2.05) is 0 Å². The van der Waals surface area contributed by atoms with E-state index in [1.54, 1.807) is 0 Å². The van der Waals surface area contributed by atoms with Crippen LogP contribution in [0.3, 0.4) is 0 Å². The summed E-state index contributed by atoms with van der Waals surface area (Å²) >= 11 is 6.39. The lowest BCUT2D eigenvalue weighted by Crippen LogP contribution is -2.25. The molecular formula is C15H25ClN2. The van der Waals surface area contributed by atoms with Gasteiger partial charge in [0.25, 0.3) is 0 Å². The van der Waals surface area contributed by atoms with Crippen molar-refractivity contribution < 1.29 is 0 Å². The second-order valence-corrected chi connectivity index (χ2v) is 5.49. The summed E-state index contributed by atoms with van der Waals surface area (Å²) in [7, 11) is 2.09. The molecule has 0 saturated heterocycles. The Kier molecular flexibility index (Phi) is 5.97. The minimum absolute atomic E-state index is 0.302. The molecule has 3 heteroatoms. The van der Waals surface area contributed by atoms with Crippen molar-refractivity contribution in [2.24, 2.45) is 0 Å². The Balaban J connectivity index is 2.85. The summed E-state index contributed by atoms with van der Waals surface area (Å²) in [6.07, 6.45) is 1.14. The summed E-state index contributed by atoms with van der Waals surface area (Å²) in [4.78, 5) is 2.22. The molecule has 1 rings (SSSR count). The van der Waals surface area contributed by atoms with E-state index >= 15 is 0 Å². The predicted molar refractivity (Wildman–Crippen MR) is 81.7 cm³/mol. The van der Waals surface area contributed by atoms with Gasteiger partial charge in [-0.25, -0.2) is 0 Å². The molecule has 1 unspecified atom stereocenters. The standard InChI is InChI=1S/C15H25ClN2/c1-6-9-17-12(4)14-8-7-13(10-15(14)16)18(5)11(2)3/h7-8,10-12,17H,6,9H2,1-5H3. The molecule has 0 amide bonds. The van der Waals surface area contributed by atoms with E-state index in [4.69, 9.17) is 11.6 Å². The molecule has 1 atom stereocenters. The molecule has 0 heterocycles. The van der Waals surface area contributed by atoms with Crippen LogP contribution in [0.4, 0.5) is 5.69 Å². The lowest BCUT2D eigenvalue weighted by atomic mass is 10.1. The molecular weight excluding hydrogens is 244 g/mol.